The molecule has 1 fully saturated rings. The van der Waals surface area contributed by atoms with Crippen LogP contribution in [0.25, 0.3) is 0 Å². The van der Waals surface area contributed by atoms with E-state index in [1.54, 1.807) is 37.3 Å². The summed E-state index contributed by atoms with van der Waals surface area (Å²) < 4.78 is 25.6. The first kappa shape index (κ1) is 19.8. The zero-order valence-electron chi connectivity index (χ0n) is 15.5. The van der Waals surface area contributed by atoms with Gasteiger partial charge in [-0.05, 0) is 56.9 Å². The lowest BCUT2D eigenvalue weighted by Crippen LogP contribution is -2.42. The molecule has 1 aliphatic rings. The van der Waals surface area contributed by atoms with Crippen molar-refractivity contribution in [2.24, 2.45) is 0 Å². The molecule has 27 heavy (non-hydrogen) atoms. The molecule has 0 saturated carbocycles. The van der Waals surface area contributed by atoms with Crippen LogP contribution in [0.3, 0.4) is 0 Å². The zero-order valence-corrected chi connectivity index (χ0v) is 17.1. The number of hydrogen-bond donors (Lipinski definition) is 0. The smallest absolute Gasteiger partial charge is 0.272 e. The summed E-state index contributed by atoms with van der Waals surface area (Å²) in [4.78, 5) is 19.0. The molecule has 1 atom stereocenters. The first-order valence-corrected chi connectivity index (χ1v) is 11.1. The van der Waals surface area contributed by atoms with Gasteiger partial charge in [0.1, 0.15) is 5.69 Å². The van der Waals surface area contributed by atoms with E-state index in [9.17, 15) is 13.2 Å². The SMILES string of the molecule is Cc1cccc(S(=O)(=O)Cc2cccc(C(=O)N3CCCCC3C)n2)c1Cl. The van der Waals surface area contributed by atoms with E-state index in [4.69, 9.17) is 11.6 Å². The highest BCUT2D eigenvalue weighted by Gasteiger charge is 2.26. The van der Waals surface area contributed by atoms with Gasteiger partial charge in [-0.2, -0.15) is 0 Å². The highest BCUT2D eigenvalue weighted by atomic mass is 35.5. The Morgan fingerprint density at radius 3 is 2.70 bits per heavy atom. The second-order valence-corrected chi connectivity index (χ2v) is 9.34. The van der Waals surface area contributed by atoms with Crippen LogP contribution in [0.5, 0.6) is 0 Å². The van der Waals surface area contributed by atoms with Gasteiger partial charge in [0.2, 0.25) is 0 Å². The summed E-state index contributed by atoms with van der Waals surface area (Å²) in [5.74, 6) is -0.442. The van der Waals surface area contributed by atoms with E-state index in [1.807, 2.05) is 11.8 Å². The van der Waals surface area contributed by atoms with Crippen LogP contribution >= 0.6 is 11.6 Å². The maximum atomic E-state index is 12.8. The summed E-state index contributed by atoms with van der Waals surface area (Å²) >= 11 is 6.18. The van der Waals surface area contributed by atoms with Crippen molar-refractivity contribution in [1.82, 2.24) is 9.88 Å². The average Bonchev–Trinajstić information content (AvgIpc) is 2.63. The lowest BCUT2D eigenvalue weighted by Gasteiger charge is -2.33. The van der Waals surface area contributed by atoms with Gasteiger partial charge >= 0.3 is 0 Å². The van der Waals surface area contributed by atoms with Crippen LogP contribution in [0.2, 0.25) is 5.02 Å². The van der Waals surface area contributed by atoms with Crippen LogP contribution in [-0.4, -0.2) is 36.8 Å². The Morgan fingerprint density at radius 2 is 1.96 bits per heavy atom. The largest absolute Gasteiger partial charge is 0.335 e. The third kappa shape index (κ3) is 4.33. The molecule has 0 bridgehead atoms. The fourth-order valence-corrected chi connectivity index (χ4v) is 5.26. The molecule has 0 spiro atoms. The summed E-state index contributed by atoms with van der Waals surface area (Å²) in [7, 11) is -3.66. The quantitative estimate of drug-likeness (QED) is 0.768. The second-order valence-electron chi connectivity index (χ2n) is 7.00. The molecule has 1 unspecified atom stereocenters. The maximum Gasteiger partial charge on any atom is 0.272 e. The summed E-state index contributed by atoms with van der Waals surface area (Å²) in [6, 6.07) is 10.0. The van der Waals surface area contributed by atoms with Crippen LogP contribution in [-0.2, 0) is 15.6 Å². The van der Waals surface area contributed by atoms with Gasteiger partial charge in [0.25, 0.3) is 5.91 Å². The summed E-state index contributed by atoms with van der Waals surface area (Å²) in [6.07, 6.45) is 3.08. The number of likely N-dealkylation sites (tertiary alicyclic amines) is 1. The number of rotatable bonds is 4. The molecule has 1 aromatic heterocycles. The Balaban J connectivity index is 1.85. The van der Waals surface area contributed by atoms with E-state index in [2.05, 4.69) is 4.98 Å². The van der Waals surface area contributed by atoms with Gasteiger partial charge in [-0.25, -0.2) is 13.4 Å². The van der Waals surface area contributed by atoms with Gasteiger partial charge in [-0.1, -0.05) is 29.8 Å². The standard InChI is InChI=1S/C20H23ClN2O3S/c1-14-7-5-11-18(19(14)21)27(25,26)13-16-9-6-10-17(22-16)20(24)23-12-4-3-8-15(23)2/h5-7,9-11,15H,3-4,8,12-13H2,1-2H3. The first-order chi connectivity index (χ1) is 12.8. The molecular weight excluding hydrogens is 384 g/mol. The van der Waals surface area contributed by atoms with Crippen molar-refractivity contribution in [3.05, 3.63) is 58.4 Å². The highest BCUT2D eigenvalue weighted by molar-refractivity contribution is 7.90. The predicted octanol–water partition coefficient (Wildman–Crippen LogP) is 4.03. The molecular formula is C20H23ClN2O3S. The Morgan fingerprint density at radius 1 is 1.22 bits per heavy atom. The topological polar surface area (TPSA) is 67.3 Å². The molecule has 2 aromatic rings. The van der Waals surface area contributed by atoms with Crippen molar-refractivity contribution in [3.63, 3.8) is 0 Å². The number of nitrogens with zero attached hydrogens (tertiary/aromatic N) is 2. The molecule has 1 aliphatic heterocycles. The molecule has 3 rings (SSSR count). The Hall–Kier alpha value is -1.92. The lowest BCUT2D eigenvalue weighted by molar-refractivity contribution is 0.0629. The number of carbonyl (C=O) groups is 1. The maximum absolute atomic E-state index is 12.8. The van der Waals surface area contributed by atoms with Crippen molar-refractivity contribution in [2.45, 2.75) is 49.8 Å². The van der Waals surface area contributed by atoms with Gasteiger partial charge in [0, 0.05) is 12.6 Å². The van der Waals surface area contributed by atoms with Gasteiger partial charge in [-0.3, -0.25) is 4.79 Å². The number of aromatic nitrogens is 1. The number of benzene rings is 1. The van der Waals surface area contributed by atoms with Crippen molar-refractivity contribution in [3.8, 4) is 0 Å². The number of amides is 1. The van der Waals surface area contributed by atoms with Gasteiger partial charge in [-0.15, -0.1) is 0 Å². The monoisotopic (exact) mass is 406 g/mol. The fraction of sp³-hybridized carbons (Fsp3) is 0.400. The summed E-state index contributed by atoms with van der Waals surface area (Å²) in [6.45, 7) is 4.51. The first-order valence-electron chi connectivity index (χ1n) is 9.04. The number of sulfone groups is 1. The third-order valence-corrected chi connectivity index (χ3v) is 7.22. The van der Waals surface area contributed by atoms with Crippen molar-refractivity contribution in [2.75, 3.05) is 6.54 Å². The molecule has 144 valence electrons. The molecule has 7 heteroatoms. The van der Waals surface area contributed by atoms with Gasteiger partial charge in [0.15, 0.2) is 9.84 Å². The van der Waals surface area contributed by atoms with E-state index in [-0.39, 0.29) is 33.3 Å². The fourth-order valence-electron chi connectivity index (χ4n) is 3.36. The van der Waals surface area contributed by atoms with Crippen molar-refractivity contribution < 1.29 is 13.2 Å². The van der Waals surface area contributed by atoms with Crippen molar-refractivity contribution >= 4 is 27.3 Å². The number of aryl methyl sites for hydroxylation is 1. The van der Waals surface area contributed by atoms with Gasteiger partial charge < -0.3 is 4.90 Å². The van der Waals surface area contributed by atoms with Crippen LogP contribution in [0, 0.1) is 6.92 Å². The van der Waals surface area contributed by atoms with Gasteiger partial charge in [0.05, 0.1) is 21.4 Å². The highest BCUT2D eigenvalue weighted by Crippen LogP contribution is 2.27. The summed E-state index contributed by atoms with van der Waals surface area (Å²) in [5, 5.41) is 0.229. The third-order valence-electron chi connectivity index (χ3n) is 4.92. The molecule has 2 heterocycles. The average molecular weight is 407 g/mol. The Bertz CT molecular complexity index is 959. The van der Waals surface area contributed by atoms with E-state index >= 15 is 0 Å². The van der Waals surface area contributed by atoms with Crippen LogP contribution < -0.4 is 0 Å². The predicted molar refractivity (Wildman–Crippen MR) is 106 cm³/mol. The lowest BCUT2D eigenvalue weighted by atomic mass is 10.0. The molecule has 1 aromatic carbocycles. The van der Waals surface area contributed by atoms with Crippen LogP contribution in [0.4, 0.5) is 0 Å². The minimum Gasteiger partial charge on any atom is -0.335 e. The van der Waals surface area contributed by atoms with E-state index in [1.165, 1.54) is 6.07 Å². The minimum atomic E-state index is -3.66. The zero-order chi connectivity index (χ0) is 19.6. The van der Waals surface area contributed by atoms with Crippen molar-refractivity contribution in [1.29, 1.82) is 0 Å². The molecule has 1 amide bonds. The molecule has 0 N–H and O–H groups in total. The minimum absolute atomic E-state index is 0.0901. The van der Waals surface area contributed by atoms with E-state index < -0.39 is 9.84 Å². The molecule has 0 radical (unpaired) electrons. The number of hydrogen-bond acceptors (Lipinski definition) is 4. The number of halogens is 1. The normalized spacial score (nSPS) is 17.7. The molecule has 5 nitrogen and oxygen atoms in total. The molecule has 0 aliphatic carbocycles. The van der Waals surface area contributed by atoms with Crippen LogP contribution in [0.15, 0.2) is 41.3 Å². The summed E-state index contributed by atoms with van der Waals surface area (Å²) in [5.41, 5.74) is 1.32. The number of pyridine rings is 1. The van der Waals surface area contributed by atoms with E-state index in [0.29, 0.717) is 17.8 Å². The number of carbonyl (C=O) groups excluding carboxylic acids is 1. The Labute approximate surface area is 165 Å². The van der Waals surface area contributed by atoms with Crippen LogP contribution in [0.1, 0.15) is 47.9 Å². The van der Waals surface area contributed by atoms with E-state index in [0.717, 1.165) is 19.3 Å². The molecule has 1 saturated heterocycles. The Kier molecular flexibility index (Phi) is 5.86. The second kappa shape index (κ2) is 7.98. The number of piperidine rings is 1.